The van der Waals surface area contributed by atoms with Crippen molar-refractivity contribution < 1.29 is 4.79 Å². The van der Waals surface area contributed by atoms with Crippen LogP contribution in [0.4, 0.5) is 0 Å². The summed E-state index contributed by atoms with van der Waals surface area (Å²) in [6.45, 7) is 8.43. The Morgan fingerprint density at radius 2 is 2.18 bits per heavy atom. The first-order valence-electron chi connectivity index (χ1n) is 7.11. The Hall–Kier alpha value is -0.570. The van der Waals surface area contributed by atoms with Gasteiger partial charge in [0.1, 0.15) is 0 Å². The summed E-state index contributed by atoms with van der Waals surface area (Å²) in [4.78, 5) is 14.3. The van der Waals surface area contributed by atoms with E-state index in [1.165, 1.54) is 25.7 Å². The van der Waals surface area contributed by atoms with Crippen molar-refractivity contribution in [1.82, 2.24) is 10.2 Å². The molecule has 1 heterocycles. The van der Waals surface area contributed by atoms with E-state index >= 15 is 0 Å². The van der Waals surface area contributed by atoms with Gasteiger partial charge in [-0.1, -0.05) is 27.2 Å². The summed E-state index contributed by atoms with van der Waals surface area (Å²) in [6.07, 6.45) is 6.19. The fourth-order valence-corrected chi connectivity index (χ4v) is 3.16. The van der Waals surface area contributed by atoms with Gasteiger partial charge in [-0.2, -0.15) is 0 Å². The highest BCUT2D eigenvalue weighted by Gasteiger charge is 2.41. The fraction of sp³-hybridized carbons (Fsp3) is 0.929. The lowest BCUT2D eigenvalue weighted by atomic mass is 9.67. The quantitative estimate of drug-likeness (QED) is 0.796. The van der Waals surface area contributed by atoms with E-state index in [9.17, 15) is 4.79 Å². The van der Waals surface area contributed by atoms with Gasteiger partial charge in [-0.25, -0.2) is 0 Å². The van der Waals surface area contributed by atoms with Crippen LogP contribution in [-0.4, -0.2) is 36.0 Å². The second-order valence-corrected chi connectivity index (χ2v) is 6.13. The van der Waals surface area contributed by atoms with Gasteiger partial charge in [0.25, 0.3) is 0 Å². The molecular formula is C14H26N2O. The lowest BCUT2D eigenvalue weighted by Crippen LogP contribution is -2.46. The smallest absolute Gasteiger partial charge is 0.239 e. The molecular weight excluding hydrogens is 212 g/mol. The monoisotopic (exact) mass is 238 g/mol. The molecule has 2 fully saturated rings. The first-order valence-corrected chi connectivity index (χ1v) is 7.11. The third kappa shape index (κ3) is 2.65. The van der Waals surface area contributed by atoms with Crippen molar-refractivity contribution in [1.29, 1.82) is 0 Å². The van der Waals surface area contributed by atoms with Crippen molar-refractivity contribution in [3.63, 3.8) is 0 Å². The van der Waals surface area contributed by atoms with Gasteiger partial charge in [-0.3, -0.25) is 4.79 Å². The summed E-state index contributed by atoms with van der Waals surface area (Å²) < 4.78 is 0. The molecule has 1 saturated carbocycles. The van der Waals surface area contributed by atoms with Crippen LogP contribution in [0.3, 0.4) is 0 Å². The highest BCUT2D eigenvalue weighted by Crippen LogP contribution is 2.44. The Balaban J connectivity index is 1.89. The summed E-state index contributed by atoms with van der Waals surface area (Å²) >= 11 is 0. The minimum atomic E-state index is 0.0731. The predicted molar refractivity (Wildman–Crippen MR) is 69.8 cm³/mol. The molecule has 1 N–H and O–H groups in total. The van der Waals surface area contributed by atoms with Crippen molar-refractivity contribution in [2.45, 2.75) is 65.0 Å². The SMILES string of the molecule is CCC1(CN2CCC(NC(C)C)C2=O)CCC1. The van der Waals surface area contributed by atoms with Crippen molar-refractivity contribution >= 4 is 5.91 Å². The third-order valence-corrected chi connectivity index (χ3v) is 4.52. The van der Waals surface area contributed by atoms with Crippen LogP contribution in [0.1, 0.15) is 52.9 Å². The minimum Gasteiger partial charge on any atom is -0.341 e. The van der Waals surface area contributed by atoms with Crippen LogP contribution in [0.2, 0.25) is 0 Å². The molecule has 2 aliphatic rings. The van der Waals surface area contributed by atoms with Gasteiger partial charge in [-0.05, 0) is 31.1 Å². The Bertz CT molecular complexity index is 278. The number of nitrogens with zero attached hydrogens (tertiary/aromatic N) is 1. The molecule has 1 amide bonds. The van der Waals surface area contributed by atoms with Crippen LogP contribution < -0.4 is 5.32 Å². The number of rotatable bonds is 5. The average Bonchev–Trinajstić information content (AvgIpc) is 2.54. The molecule has 0 bridgehead atoms. The fourth-order valence-electron chi connectivity index (χ4n) is 3.16. The third-order valence-electron chi connectivity index (χ3n) is 4.52. The van der Waals surface area contributed by atoms with E-state index < -0.39 is 0 Å². The van der Waals surface area contributed by atoms with Gasteiger partial charge in [-0.15, -0.1) is 0 Å². The molecule has 0 aromatic carbocycles. The predicted octanol–water partition coefficient (Wildman–Crippen LogP) is 2.17. The standard InChI is InChI=1S/C14H26N2O/c1-4-14(7-5-8-14)10-16-9-6-12(13(16)17)15-11(2)3/h11-12,15H,4-10H2,1-3H3. The molecule has 3 nitrogen and oxygen atoms in total. The molecule has 0 aromatic rings. The van der Waals surface area contributed by atoms with E-state index in [0.29, 0.717) is 17.4 Å². The number of hydrogen-bond acceptors (Lipinski definition) is 2. The Morgan fingerprint density at radius 1 is 1.47 bits per heavy atom. The lowest BCUT2D eigenvalue weighted by Gasteiger charge is -2.44. The summed E-state index contributed by atoms with van der Waals surface area (Å²) in [5, 5.41) is 3.37. The summed E-state index contributed by atoms with van der Waals surface area (Å²) in [7, 11) is 0. The molecule has 1 atom stereocenters. The van der Waals surface area contributed by atoms with Crippen molar-refractivity contribution in [3.8, 4) is 0 Å². The molecule has 0 aromatic heterocycles. The van der Waals surface area contributed by atoms with Crippen molar-refractivity contribution in [3.05, 3.63) is 0 Å². The number of carbonyl (C=O) groups is 1. The number of hydrogen-bond donors (Lipinski definition) is 1. The maximum absolute atomic E-state index is 12.2. The van der Waals surface area contributed by atoms with Crippen LogP contribution in [0.5, 0.6) is 0 Å². The molecule has 1 aliphatic carbocycles. The zero-order chi connectivity index (χ0) is 12.5. The normalized spacial score (nSPS) is 27.6. The topological polar surface area (TPSA) is 32.3 Å². The minimum absolute atomic E-state index is 0.0731. The van der Waals surface area contributed by atoms with Crippen molar-refractivity contribution in [2.75, 3.05) is 13.1 Å². The van der Waals surface area contributed by atoms with Gasteiger partial charge in [0.05, 0.1) is 6.04 Å². The Kier molecular flexibility index (Phi) is 3.76. The van der Waals surface area contributed by atoms with Crippen molar-refractivity contribution in [2.24, 2.45) is 5.41 Å². The van der Waals surface area contributed by atoms with E-state index in [0.717, 1.165) is 19.5 Å². The highest BCUT2D eigenvalue weighted by molar-refractivity contribution is 5.84. The van der Waals surface area contributed by atoms with E-state index in [1.54, 1.807) is 0 Å². The molecule has 0 spiro atoms. The Labute approximate surface area is 105 Å². The van der Waals surface area contributed by atoms with Crippen LogP contribution in [-0.2, 0) is 4.79 Å². The molecule has 17 heavy (non-hydrogen) atoms. The van der Waals surface area contributed by atoms with Crippen LogP contribution in [0.15, 0.2) is 0 Å². The molecule has 3 heteroatoms. The molecule has 2 rings (SSSR count). The van der Waals surface area contributed by atoms with E-state index in [1.807, 2.05) is 0 Å². The number of nitrogens with one attached hydrogen (secondary N) is 1. The van der Waals surface area contributed by atoms with Gasteiger partial charge < -0.3 is 10.2 Å². The molecule has 1 aliphatic heterocycles. The van der Waals surface area contributed by atoms with Gasteiger partial charge in [0.15, 0.2) is 0 Å². The van der Waals surface area contributed by atoms with Gasteiger partial charge in [0, 0.05) is 19.1 Å². The van der Waals surface area contributed by atoms with E-state index in [2.05, 4.69) is 31.0 Å². The number of amides is 1. The summed E-state index contributed by atoms with van der Waals surface area (Å²) in [5.41, 5.74) is 0.461. The molecule has 1 saturated heterocycles. The molecule has 0 radical (unpaired) electrons. The van der Waals surface area contributed by atoms with Crippen LogP contribution in [0.25, 0.3) is 0 Å². The van der Waals surface area contributed by atoms with Gasteiger partial charge in [0.2, 0.25) is 5.91 Å². The number of likely N-dealkylation sites (tertiary alicyclic amines) is 1. The zero-order valence-electron chi connectivity index (χ0n) is 11.5. The Morgan fingerprint density at radius 3 is 2.65 bits per heavy atom. The summed E-state index contributed by atoms with van der Waals surface area (Å²) in [5.74, 6) is 0.332. The maximum Gasteiger partial charge on any atom is 0.239 e. The molecule has 1 unspecified atom stereocenters. The average molecular weight is 238 g/mol. The molecule has 98 valence electrons. The largest absolute Gasteiger partial charge is 0.341 e. The van der Waals surface area contributed by atoms with E-state index in [4.69, 9.17) is 0 Å². The number of carbonyl (C=O) groups excluding carboxylic acids is 1. The maximum atomic E-state index is 12.2. The summed E-state index contributed by atoms with van der Waals surface area (Å²) in [6, 6.07) is 0.469. The first kappa shape index (κ1) is 12.9. The van der Waals surface area contributed by atoms with E-state index in [-0.39, 0.29) is 6.04 Å². The first-order chi connectivity index (χ1) is 8.06. The second-order valence-electron chi connectivity index (χ2n) is 6.13. The lowest BCUT2D eigenvalue weighted by molar-refractivity contribution is -0.131. The zero-order valence-corrected chi connectivity index (χ0v) is 11.5. The van der Waals surface area contributed by atoms with Gasteiger partial charge >= 0.3 is 0 Å². The van der Waals surface area contributed by atoms with Crippen LogP contribution >= 0.6 is 0 Å². The van der Waals surface area contributed by atoms with Crippen LogP contribution in [0, 0.1) is 5.41 Å². The second kappa shape index (κ2) is 4.97. The highest BCUT2D eigenvalue weighted by atomic mass is 16.2.